The summed E-state index contributed by atoms with van der Waals surface area (Å²) in [5, 5.41) is 0. The Morgan fingerprint density at radius 1 is 1.46 bits per heavy atom. The molecule has 0 radical (unpaired) electrons. The van der Waals surface area contributed by atoms with Crippen molar-refractivity contribution in [3.63, 3.8) is 0 Å². The van der Waals surface area contributed by atoms with Crippen molar-refractivity contribution in [3.8, 4) is 0 Å². The van der Waals surface area contributed by atoms with Gasteiger partial charge in [-0.1, -0.05) is 12.2 Å². The fourth-order valence-corrected chi connectivity index (χ4v) is 6.37. The molecule has 0 saturated carbocycles. The van der Waals surface area contributed by atoms with Crippen molar-refractivity contribution in [1.29, 1.82) is 0 Å². The van der Waals surface area contributed by atoms with Crippen molar-refractivity contribution in [3.05, 3.63) is 22.1 Å². The first-order valence-corrected chi connectivity index (χ1v) is 10.6. The van der Waals surface area contributed by atoms with Gasteiger partial charge in [0.15, 0.2) is 0 Å². The highest BCUT2D eigenvalue weighted by molar-refractivity contribution is 8.01. The predicted octanol–water partition coefficient (Wildman–Crippen LogP) is 3.52. The van der Waals surface area contributed by atoms with Crippen LogP contribution in [0, 0.1) is 0 Å². The topological polar surface area (TPSA) is 72.8 Å². The molecule has 1 heterocycles. The normalized spacial score (nSPS) is 16.0. The number of sulfonamides is 1. The Morgan fingerprint density at radius 2 is 2.12 bits per heavy atom. The third-order valence-corrected chi connectivity index (χ3v) is 8.11. The van der Waals surface area contributed by atoms with Gasteiger partial charge in [-0.15, -0.1) is 15.1 Å². The summed E-state index contributed by atoms with van der Waals surface area (Å²) in [7, 11) is -7.15. The second-order valence-electron chi connectivity index (χ2n) is 4.75. The lowest BCUT2D eigenvalue weighted by Crippen LogP contribution is -2.21. The van der Waals surface area contributed by atoms with Crippen LogP contribution in [0.1, 0.15) is 34.1 Å². The zero-order valence-corrected chi connectivity index (χ0v) is 15.2. The van der Waals surface area contributed by atoms with Gasteiger partial charge in [0.25, 0.3) is 0 Å². The summed E-state index contributed by atoms with van der Waals surface area (Å²) in [6, 6.07) is 0. The highest BCUT2D eigenvalue weighted by Gasteiger charge is 2.46. The van der Waals surface area contributed by atoms with Crippen molar-refractivity contribution in [1.82, 2.24) is 0 Å². The van der Waals surface area contributed by atoms with Gasteiger partial charge in [0, 0.05) is 5.56 Å². The SMILES string of the molecule is CCOC(=O)c1sc([S@@](C)=NS(=O)(=O)C(F)(F)F)c2c1CCC=C2. The van der Waals surface area contributed by atoms with Crippen LogP contribution in [0.25, 0.3) is 6.08 Å². The molecule has 0 N–H and O–H groups in total. The third-order valence-electron chi connectivity index (χ3n) is 3.09. The Bertz CT molecular complexity index is 822. The predicted molar refractivity (Wildman–Crippen MR) is 86.6 cm³/mol. The summed E-state index contributed by atoms with van der Waals surface area (Å²) in [6.07, 6.45) is 6.02. The van der Waals surface area contributed by atoms with E-state index in [9.17, 15) is 26.4 Å². The van der Waals surface area contributed by atoms with Gasteiger partial charge in [0.05, 0.1) is 10.8 Å². The summed E-state index contributed by atoms with van der Waals surface area (Å²) < 4.78 is 68.3. The van der Waals surface area contributed by atoms with Crippen LogP contribution in [0.3, 0.4) is 0 Å². The van der Waals surface area contributed by atoms with E-state index in [-0.39, 0.29) is 6.61 Å². The largest absolute Gasteiger partial charge is 0.519 e. The first kappa shape index (κ1) is 19.1. The molecule has 0 aliphatic heterocycles. The maximum absolute atomic E-state index is 12.5. The van der Waals surface area contributed by atoms with Crippen LogP contribution >= 0.6 is 11.3 Å². The molecule has 1 atom stereocenters. The number of carbonyl (C=O) groups excluding carboxylic acids is 1. The number of halogens is 3. The molecule has 1 aliphatic carbocycles. The minimum atomic E-state index is -5.59. The molecule has 1 aromatic heterocycles. The van der Waals surface area contributed by atoms with Gasteiger partial charge in [-0.2, -0.15) is 21.6 Å². The monoisotopic (exact) mass is 401 g/mol. The molecular weight excluding hydrogens is 387 g/mol. The number of rotatable bonds is 4. The average Bonchev–Trinajstić information content (AvgIpc) is 2.85. The third kappa shape index (κ3) is 3.72. The maximum atomic E-state index is 12.5. The van der Waals surface area contributed by atoms with E-state index in [4.69, 9.17) is 4.74 Å². The van der Waals surface area contributed by atoms with E-state index in [0.717, 1.165) is 11.3 Å². The van der Waals surface area contributed by atoms with Gasteiger partial charge < -0.3 is 4.74 Å². The number of carbonyl (C=O) groups is 1. The maximum Gasteiger partial charge on any atom is 0.519 e. The molecule has 0 saturated heterocycles. The van der Waals surface area contributed by atoms with Crippen molar-refractivity contribution < 1.29 is 31.1 Å². The van der Waals surface area contributed by atoms with Gasteiger partial charge in [0.2, 0.25) is 0 Å². The van der Waals surface area contributed by atoms with E-state index in [1.165, 1.54) is 6.26 Å². The van der Waals surface area contributed by atoms with E-state index in [1.54, 1.807) is 13.0 Å². The van der Waals surface area contributed by atoms with Crippen molar-refractivity contribution >= 4 is 44.1 Å². The number of esters is 1. The summed E-state index contributed by atoms with van der Waals surface area (Å²) in [5.41, 5.74) is -4.19. The Hall–Kier alpha value is -1.20. The minimum Gasteiger partial charge on any atom is -0.462 e. The van der Waals surface area contributed by atoms with Crippen molar-refractivity contribution in [2.24, 2.45) is 3.77 Å². The molecule has 1 aliphatic rings. The number of ether oxygens (including phenoxy) is 1. The molecule has 11 heteroatoms. The number of allylic oxidation sites excluding steroid dienone is 1. The summed E-state index contributed by atoms with van der Waals surface area (Å²) in [5.74, 6) is -0.559. The summed E-state index contributed by atoms with van der Waals surface area (Å²) in [6.45, 7) is 1.82. The average molecular weight is 401 g/mol. The lowest BCUT2D eigenvalue weighted by Gasteiger charge is -2.09. The van der Waals surface area contributed by atoms with Crippen molar-refractivity contribution in [2.45, 2.75) is 29.5 Å². The van der Waals surface area contributed by atoms with Crippen molar-refractivity contribution in [2.75, 3.05) is 12.9 Å². The van der Waals surface area contributed by atoms with Crippen LogP contribution in [0.4, 0.5) is 13.2 Å². The van der Waals surface area contributed by atoms with E-state index >= 15 is 0 Å². The van der Waals surface area contributed by atoms with Gasteiger partial charge in [-0.3, -0.25) is 0 Å². The van der Waals surface area contributed by atoms with Gasteiger partial charge in [0.1, 0.15) is 4.88 Å². The number of thiophene rings is 1. The molecular formula is C13H14F3NO4S3. The van der Waals surface area contributed by atoms with E-state index in [2.05, 4.69) is 3.77 Å². The van der Waals surface area contributed by atoms with Crippen LogP contribution in [-0.2, 0) is 31.9 Å². The Kier molecular flexibility index (Phi) is 5.55. The molecule has 0 fully saturated rings. The molecule has 0 unspecified atom stereocenters. The highest BCUT2D eigenvalue weighted by Crippen LogP contribution is 2.37. The molecule has 0 amide bonds. The van der Waals surface area contributed by atoms with Crippen LogP contribution in [0.5, 0.6) is 0 Å². The lowest BCUT2D eigenvalue weighted by atomic mass is 10.00. The van der Waals surface area contributed by atoms with E-state index in [1.807, 2.05) is 6.08 Å². The first-order chi connectivity index (χ1) is 11.1. The minimum absolute atomic E-state index is 0.168. The smallest absolute Gasteiger partial charge is 0.462 e. The molecule has 0 aromatic carbocycles. The van der Waals surface area contributed by atoms with Gasteiger partial charge in [-0.25, -0.2) is 4.79 Å². The molecule has 134 valence electrons. The number of fused-ring (bicyclic) bond motifs is 1. The summed E-state index contributed by atoms with van der Waals surface area (Å²) >= 11 is 0.944. The molecule has 0 bridgehead atoms. The lowest BCUT2D eigenvalue weighted by molar-refractivity contribution is -0.0434. The first-order valence-electron chi connectivity index (χ1n) is 6.78. The standard InChI is InChI=1S/C13H14F3NO4S3/c1-3-21-11(18)10-8-6-4-5-7-9(8)12(22-10)23(2)17-24(19,20)13(14,15)16/h5,7H,3-4,6H2,1-2H3/t23-/m1/s1. The molecule has 24 heavy (non-hydrogen) atoms. The fraction of sp³-hybridized carbons (Fsp3) is 0.462. The van der Waals surface area contributed by atoms with Gasteiger partial charge in [-0.05, 0) is 42.3 Å². The zero-order chi connectivity index (χ0) is 18.1. The van der Waals surface area contributed by atoms with E-state index < -0.39 is 32.2 Å². The van der Waals surface area contributed by atoms with Crippen LogP contribution in [0.2, 0.25) is 0 Å². The van der Waals surface area contributed by atoms with E-state index in [0.29, 0.717) is 33.1 Å². The van der Waals surface area contributed by atoms with Crippen LogP contribution in [0.15, 0.2) is 14.1 Å². The Morgan fingerprint density at radius 3 is 2.71 bits per heavy atom. The number of alkyl halides is 3. The molecule has 2 rings (SSSR count). The fourth-order valence-electron chi connectivity index (χ4n) is 2.10. The van der Waals surface area contributed by atoms with Gasteiger partial charge >= 0.3 is 21.5 Å². The van der Waals surface area contributed by atoms with Crippen LogP contribution in [-0.4, -0.2) is 32.8 Å². The molecule has 5 nitrogen and oxygen atoms in total. The molecule has 1 aromatic rings. The quantitative estimate of drug-likeness (QED) is 0.724. The number of hydrogen-bond donors (Lipinski definition) is 0. The Labute approximate surface area is 143 Å². The number of hydrogen-bond acceptors (Lipinski definition) is 5. The summed E-state index contributed by atoms with van der Waals surface area (Å²) in [4.78, 5) is 12.3. The Balaban J connectivity index is 2.56. The number of nitrogens with zero attached hydrogens (tertiary/aromatic N) is 1. The molecule has 0 spiro atoms. The second-order valence-corrected chi connectivity index (χ2v) is 9.40. The second kappa shape index (κ2) is 6.96. The zero-order valence-electron chi connectivity index (χ0n) is 12.7. The van der Waals surface area contributed by atoms with Crippen LogP contribution < -0.4 is 0 Å². The highest BCUT2D eigenvalue weighted by atomic mass is 32.3.